The van der Waals surface area contributed by atoms with Crippen molar-refractivity contribution in [2.24, 2.45) is 0 Å². The zero-order valence-electron chi connectivity index (χ0n) is 17.3. The van der Waals surface area contributed by atoms with Crippen molar-refractivity contribution < 1.29 is 9.53 Å². The van der Waals surface area contributed by atoms with Gasteiger partial charge in [0.2, 0.25) is 5.95 Å². The molecule has 2 aliphatic heterocycles. The number of anilines is 2. The summed E-state index contributed by atoms with van der Waals surface area (Å²) in [6.45, 7) is 5.64. The van der Waals surface area contributed by atoms with Crippen LogP contribution in [0.2, 0.25) is 0 Å². The molecule has 0 spiro atoms. The number of hydrogen-bond donors (Lipinski definition) is 1. The summed E-state index contributed by atoms with van der Waals surface area (Å²) < 4.78 is 5.40. The Labute approximate surface area is 180 Å². The van der Waals surface area contributed by atoms with E-state index in [0.717, 1.165) is 32.0 Å². The number of hydrogen-bond acceptors (Lipinski definition) is 6. The Morgan fingerprint density at radius 1 is 0.871 bits per heavy atom. The number of para-hydroxylation sites is 1. The van der Waals surface area contributed by atoms with E-state index in [1.165, 1.54) is 0 Å². The normalized spacial score (nSPS) is 17.2. The van der Waals surface area contributed by atoms with E-state index in [9.17, 15) is 9.59 Å². The molecular weight excluding hydrogens is 394 g/mol. The summed E-state index contributed by atoms with van der Waals surface area (Å²) in [7, 11) is 0. The molecule has 160 valence electrons. The van der Waals surface area contributed by atoms with Gasteiger partial charge in [-0.05, 0) is 36.4 Å². The smallest absolute Gasteiger partial charge is 0.260 e. The van der Waals surface area contributed by atoms with Gasteiger partial charge < -0.3 is 19.4 Å². The largest absolute Gasteiger partial charge is 0.378 e. The maximum absolute atomic E-state index is 13.0. The quantitative estimate of drug-likeness (QED) is 0.696. The number of nitrogens with zero attached hydrogens (tertiary/aromatic N) is 4. The number of ether oxygens (including phenoxy) is 1. The standard InChI is InChI=1S/C23H25N5O3/c29-21-19-3-1-2-4-20(19)24-23(25-21)28-11-9-27(10-12-28)22(30)17-5-7-18(8-6-17)26-13-15-31-16-14-26/h1-8H,9-16H2,(H,24,25,29). The van der Waals surface area contributed by atoms with Crippen molar-refractivity contribution in [1.82, 2.24) is 14.9 Å². The number of fused-ring (bicyclic) bond motifs is 1. The van der Waals surface area contributed by atoms with E-state index in [1.54, 1.807) is 6.07 Å². The van der Waals surface area contributed by atoms with Crippen LogP contribution in [-0.2, 0) is 4.74 Å². The summed E-state index contributed by atoms with van der Waals surface area (Å²) in [4.78, 5) is 38.9. The van der Waals surface area contributed by atoms with E-state index in [2.05, 4.69) is 14.9 Å². The molecule has 0 bridgehead atoms. The van der Waals surface area contributed by atoms with Crippen molar-refractivity contribution in [2.45, 2.75) is 0 Å². The second-order valence-corrected chi connectivity index (χ2v) is 7.83. The molecule has 31 heavy (non-hydrogen) atoms. The van der Waals surface area contributed by atoms with Crippen LogP contribution in [0.5, 0.6) is 0 Å². The predicted octanol–water partition coefficient (Wildman–Crippen LogP) is 1.72. The first-order valence-electron chi connectivity index (χ1n) is 10.6. The maximum atomic E-state index is 13.0. The first-order valence-corrected chi connectivity index (χ1v) is 10.6. The summed E-state index contributed by atoms with van der Waals surface area (Å²) in [5.74, 6) is 0.596. The van der Waals surface area contributed by atoms with Gasteiger partial charge in [0.1, 0.15) is 0 Å². The lowest BCUT2D eigenvalue weighted by Gasteiger charge is -2.35. The minimum Gasteiger partial charge on any atom is -0.378 e. The van der Waals surface area contributed by atoms with Crippen molar-refractivity contribution in [3.63, 3.8) is 0 Å². The van der Waals surface area contributed by atoms with Crippen LogP contribution in [-0.4, -0.2) is 73.3 Å². The number of aromatic amines is 1. The molecule has 2 saturated heterocycles. The van der Waals surface area contributed by atoms with E-state index in [-0.39, 0.29) is 11.5 Å². The molecule has 0 unspecified atom stereocenters. The predicted molar refractivity (Wildman–Crippen MR) is 120 cm³/mol. The monoisotopic (exact) mass is 419 g/mol. The molecule has 0 radical (unpaired) electrons. The number of benzene rings is 2. The van der Waals surface area contributed by atoms with Crippen molar-refractivity contribution in [3.05, 3.63) is 64.4 Å². The Kier molecular flexibility index (Phi) is 5.30. The number of amides is 1. The Balaban J connectivity index is 1.24. The molecule has 2 aromatic carbocycles. The molecule has 3 aromatic rings. The van der Waals surface area contributed by atoms with E-state index < -0.39 is 0 Å². The highest BCUT2D eigenvalue weighted by molar-refractivity contribution is 5.94. The van der Waals surface area contributed by atoms with Gasteiger partial charge in [-0.2, -0.15) is 0 Å². The molecule has 3 heterocycles. The molecule has 8 heteroatoms. The fraction of sp³-hybridized carbons (Fsp3) is 0.348. The Bertz CT molecular complexity index is 1130. The van der Waals surface area contributed by atoms with Gasteiger partial charge in [-0.1, -0.05) is 12.1 Å². The number of nitrogens with one attached hydrogen (secondary N) is 1. The Hall–Kier alpha value is -3.39. The number of rotatable bonds is 3. The number of piperazine rings is 1. The Morgan fingerprint density at radius 2 is 1.58 bits per heavy atom. The maximum Gasteiger partial charge on any atom is 0.260 e. The number of morpholine rings is 1. The highest BCUT2D eigenvalue weighted by Crippen LogP contribution is 2.19. The van der Waals surface area contributed by atoms with Crippen molar-refractivity contribution in [1.29, 1.82) is 0 Å². The van der Waals surface area contributed by atoms with Gasteiger partial charge in [0.05, 0.1) is 24.1 Å². The summed E-state index contributed by atoms with van der Waals surface area (Å²) in [5.41, 5.74) is 2.36. The van der Waals surface area contributed by atoms with E-state index in [0.29, 0.717) is 48.6 Å². The van der Waals surface area contributed by atoms with Gasteiger partial charge in [-0.25, -0.2) is 4.98 Å². The minimum atomic E-state index is -0.139. The third-order valence-electron chi connectivity index (χ3n) is 5.96. The first-order chi connectivity index (χ1) is 15.2. The topological polar surface area (TPSA) is 81.8 Å². The molecule has 2 fully saturated rings. The highest BCUT2D eigenvalue weighted by Gasteiger charge is 2.24. The fourth-order valence-electron chi connectivity index (χ4n) is 4.16. The van der Waals surface area contributed by atoms with Crippen molar-refractivity contribution in [2.75, 3.05) is 62.3 Å². The highest BCUT2D eigenvalue weighted by atomic mass is 16.5. The average Bonchev–Trinajstić information content (AvgIpc) is 2.84. The van der Waals surface area contributed by atoms with E-state index in [4.69, 9.17) is 4.74 Å². The van der Waals surface area contributed by atoms with Crippen LogP contribution < -0.4 is 15.4 Å². The lowest BCUT2D eigenvalue weighted by Crippen LogP contribution is -2.49. The molecular formula is C23H25N5O3. The van der Waals surface area contributed by atoms with Crippen molar-refractivity contribution >= 4 is 28.4 Å². The molecule has 2 aliphatic rings. The summed E-state index contributed by atoms with van der Waals surface area (Å²) in [6.07, 6.45) is 0. The van der Waals surface area contributed by atoms with Gasteiger partial charge in [0, 0.05) is 50.5 Å². The first kappa shape index (κ1) is 19.6. The summed E-state index contributed by atoms with van der Waals surface area (Å²) >= 11 is 0. The van der Waals surface area contributed by atoms with Gasteiger partial charge in [-0.3, -0.25) is 14.6 Å². The molecule has 1 aromatic heterocycles. The molecule has 0 aliphatic carbocycles. The second-order valence-electron chi connectivity index (χ2n) is 7.83. The lowest BCUT2D eigenvalue weighted by atomic mass is 10.1. The van der Waals surface area contributed by atoms with Crippen LogP contribution in [0.1, 0.15) is 10.4 Å². The Morgan fingerprint density at radius 3 is 2.32 bits per heavy atom. The third kappa shape index (κ3) is 3.98. The van der Waals surface area contributed by atoms with Crippen LogP contribution >= 0.6 is 0 Å². The van der Waals surface area contributed by atoms with Gasteiger partial charge >= 0.3 is 0 Å². The zero-order chi connectivity index (χ0) is 21.2. The number of carbonyl (C=O) groups is 1. The fourth-order valence-corrected chi connectivity index (χ4v) is 4.16. The minimum absolute atomic E-state index is 0.0353. The number of aromatic nitrogens is 2. The molecule has 5 rings (SSSR count). The molecule has 8 nitrogen and oxygen atoms in total. The van der Waals surface area contributed by atoms with Crippen LogP contribution in [0.3, 0.4) is 0 Å². The molecule has 1 amide bonds. The van der Waals surface area contributed by atoms with Gasteiger partial charge in [0.25, 0.3) is 11.5 Å². The van der Waals surface area contributed by atoms with Crippen molar-refractivity contribution in [3.8, 4) is 0 Å². The second kappa shape index (κ2) is 8.39. The van der Waals surface area contributed by atoms with Crippen LogP contribution in [0, 0.1) is 0 Å². The van der Waals surface area contributed by atoms with Gasteiger partial charge in [-0.15, -0.1) is 0 Å². The average molecular weight is 419 g/mol. The number of carbonyl (C=O) groups excluding carboxylic acids is 1. The summed E-state index contributed by atoms with van der Waals surface area (Å²) in [5, 5.41) is 0.584. The lowest BCUT2D eigenvalue weighted by molar-refractivity contribution is 0.0746. The SMILES string of the molecule is O=C(c1ccc(N2CCOCC2)cc1)N1CCN(c2nc3ccccc3c(=O)[nH]2)CC1. The van der Waals surface area contributed by atoms with E-state index in [1.807, 2.05) is 52.3 Å². The number of H-pyrrole nitrogens is 1. The molecule has 0 atom stereocenters. The van der Waals surface area contributed by atoms with Crippen LogP contribution in [0.15, 0.2) is 53.3 Å². The van der Waals surface area contributed by atoms with Crippen LogP contribution in [0.4, 0.5) is 11.6 Å². The third-order valence-corrected chi connectivity index (χ3v) is 5.96. The summed E-state index contributed by atoms with van der Waals surface area (Å²) in [6, 6.07) is 15.2. The van der Waals surface area contributed by atoms with Gasteiger partial charge in [0.15, 0.2) is 0 Å². The van der Waals surface area contributed by atoms with Crippen LogP contribution in [0.25, 0.3) is 10.9 Å². The zero-order valence-corrected chi connectivity index (χ0v) is 17.3. The molecule has 1 N–H and O–H groups in total. The molecule has 0 saturated carbocycles. The van der Waals surface area contributed by atoms with E-state index >= 15 is 0 Å².